The maximum Gasteiger partial charge on any atom is 0.233 e. The minimum Gasteiger partial charge on any atom is -0.355 e. The summed E-state index contributed by atoms with van der Waals surface area (Å²) in [5.74, 6) is 0.536. The number of carbonyl (C=O) groups excluding carboxylic acids is 1. The fourth-order valence-electron chi connectivity index (χ4n) is 1.80. The molecule has 4 heteroatoms. The Balaban J connectivity index is 2.02. The number of rotatable bonds is 5. The first-order chi connectivity index (χ1) is 9.56. The van der Waals surface area contributed by atoms with Gasteiger partial charge < -0.3 is 5.32 Å². The lowest BCUT2D eigenvalue weighted by atomic mass is 10.2. The molecule has 0 fully saturated rings. The van der Waals surface area contributed by atoms with Crippen molar-refractivity contribution in [1.82, 2.24) is 10.3 Å². The molecule has 1 heterocycles. The fraction of sp³-hybridized carbons (Fsp3) is 0.375. The van der Waals surface area contributed by atoms with Crippen LogP contribution in [0.5, 0.6) is 0 Å². The summed E-state index contributed by atoms with van der Waals surface area (Å²) in [6, 6.07) is 12.0. The molecule has 0 saturated carbocycles. The molecule has 1 amide bonds. The Morgan fingerprint density at radius 1 is 1.20 bits per heavy atom. The predicted molar refractivity (Wildman–Crippen MR) is 84.9 cm³/mol. The summed E-state index contributed by atoms with van der Waals surface area (Å²) in [6.45, 7) is 6.80. The van der Waals surface area contributed by atoms with Crippen LogP contribution in [-0.4, -0.2) is 22.7 Å². The smallest absolute Gasteiger partial charge is 0.233 e. The Kier molecular flexibility index (Phi) is 5.01. The van der Waals surface area contributed by atoms with Crippen LogP contribution >= 0.6 is 11.8 Å². The van der Waals surface area contributed by atoms with Crippen LogP contribution < -0.4 is 5.32 Å². The second kappa shape index (κ2) is 6.75. The third-order valence-electron chi connectivity index (χ3n) is 2.92. The van der Waals surface area contributed by atoms with E-state index >= 15 is 0 Å². The maximum atomic E-state index is 12.0. The number of nitrogens with one attached hydrogen (secondary N) is 1. The lowest BCUT2D eigenvalue weighted by Gasteiger charge is -2.13. The molecule has 2 rings (SSSR count). The van der Waals surface area contributed by atoms with E-state index in [0.29, 0.717) is 5.92 Å². The zero-order valence-corrected chi connectivity index (χ0v) is 12.9. The van der Waals surface area contributed by atoms with Crippen LogP contribution in [-0.2, 0) is 4.79 Å². The first kappa shape index (κ1) is 14.9. The molecule has 2 aromatic rings. The van der Waals surface area contributed by atoms with Gasteiger partial charge in [-0.1, -0.05) is 49.9 Å². The Hall–Kier alpha value is -1.55. The molecule has 20 heavy (non-hydrogen) atoms. The number of hydrogen-bond donors (Lipinski definition) is 1. The van der Waals surface area contributed by atoms with E-state index < -0.39 is 0 Å². The molecule has 0 bridgehead atoms. The summed E-state index contributed by atoms with van der Waals surface area (Å²) in [6.07, 6.45) is 0. The second-order valence-corrected chi connectivity index (χ2v) is 6.60. The molecule has 1 unspecified atom stereocenters. The standard InChI is InChI=1S/C16H20N2OS/c1-11(2)10-17-16(19)12(3)20-15-9-8-13-6-4-5-7-14(13)18-15/h4-9,11-12H,10H2,1-3H3,(H,17,19). The van der Waals surface area contributed by atoms with Crippen LogP contribution in [0.3, 0.4) is 0 Å². The van der Waals surface area contributed by atoms with Gasteiger partial charge in [-0.05, 0) is 25.0 Å². The van der Waals surface area contributed by atoms with Crippen LogP contribution in [0.15, 0.2) is 41.4 Å². The second-order valence-electron chi connectivity index (χ2n) is 5.24. The summed E-state index contributed by atoms with van der Waals surface area (Å²) in [5, 5.41) is 4.82. The summed E-state index contributed by atoms with van der Waals surface area (Å²) >= 11 is 1.50. The summed E-state index contributed by atoms with van der Waals surface area (Å²) in [7, 11) is 0. The van der Waals surface area contributed by atoms with Crippen molar-refractivity contribution in [1.29, 1.82) is 0 Å². The molecule has 0 saturated heterocycles. The molecule has 0 aliphatic rings. The van der Waals surface area contributed by atoms with Gasteiger partial charge in [0.1, 0.15) is 0 Å². The van der Waals surface area contributed by atoms with Gasteiger partial charge >= 0.3 is 0 Å². The largest absolute Gasteiger partial charge is 0.355 e. The number of benzene rings is 1. The van der Waals surface area contributed by atoms with Gasteiger partial charge in [-0.25, -0.2) is 4.98 Å². The number of para-hydroxylation sites is 1. The Morgan fingerprint density at radius 3 is 2.70 bits per heavy atom. The third kappa shape index (κ3) is 3.97. The van der Waals surface area contributed by atoms with Crippen molar-refractivity contribution in [3.8, 4) is 0 Å². The molecule has 0 radical (unpaired) electrons. The highest BCUT2D eigenvalue weighted by molar-refractivity contribution is 8.00. The van der Waals surface area contributed by atoms with Crippen molar-refractivity contribution in [3.63, 3.8) is 0 Å². The topological polar surface area (TPSA) is 42.0 Å². The quantitative estimate of drug-likeness (QED) is 0.856. The van der Waals surface area contributed by atoms with Crippen LogP contribution in [0, 0.1) is 5.92 Å². The number of pyridine rings is 1. The van der Waals surface area contributed by atoms with Gasteiger partial charge in [0.15, 0.2) is 0 Å². The molecule has 3 nitrogen and oxygen atoms in total. The highest BCUT2D eigenvalue weighted by Gasteiger charge is 2.15. The van der Waals surface area contributed by atoms with Crippen molar-refractivity contribution in [2.45, 2.75) is 31.0 Å². The average molecular weight is 288 g/mol. The van der Waals surface area contributed by atoms with Gasteiger partial charge in [-0.3, -0.25) is 4.79 Å². The van der Waals surface area contributed by atoms with Gasteiger partial charge in [0.2, 0.25) is 5.91 Å². The minimum absolute atomic E-state index is 0.0682. The number of hydrogen-bond acceptors (Lipinski definition) is 3. The van der Waals surface area contributed by atoms with E-state index in [2.05, 4.69) is 24.1 Å². The number of fused-ring (bicyclic) bond motifs is 1. The molecule has 1 aromatic heterocycles. The maximum absolute atomic E-state index is 12.0. The molecule has 0 aliphatic heterocycles. The van der Waals surface area contributed by atoms with Crippen molar-refractivity contribution in [2.24, 2.45) is 5.92 Å². The lowest BCUT2D eigenvalue weighted by Crippen LogP contribution is -2.33. The van der Waals surface area contributed by atoms with Gasteiger partial charge in [0.05, 0.1) is 15.8 Å². The molecule has 1 aromatic carbocycles. The van der Waals surface area contributed by atoms with E-state index in [-0.39, 0.29) is 11.2 Å². The number of carbonyl (C=O) groups is 1. The van der Waals surface area contributed by atoms with E-state index in [4.69, 9.17) is 0 Å². The first-order valence-corrected chi connectivity index (χ1v) is 7.74. The summed E-state index contributed by atoms with van der Waals surface area (Å²) in [4.78, 5) is 16.5. The van der Waals surface area contributed by atoms with E-state index in [0.717, 1.165) is 22.5 Å². The Bertz CT molecular complexity index is 598. The normalized spacial score (nSPS) is 12.6. The van der Waals surface area contributed by atoms with Gasteiger partial charge in [-0.15, -0.1) is 0 Å². The predicted octanol–water partition coefficient (Wildman–Crippen LogP) is 3.49. The highest BCUT2D eigenvalue weighted by Crippen LogP contribution is 2.23. The van der Waals surface area contributed by atoms with Crippen LogP contribution in [0.1, 0.15) is 20.8 Å². The molecule has 106 valence electrons. The van der Waals surface area contributed by atoms with Crippen molar-refractivity contribution in [3.05, 3.63) is 36.4 Å². The number of aromatic nitrogens is 1. The number of nitrogens with zero attached hydrogens (tertiary/aromatic N) is 1. The van der Waals surface area contributed by atoms with E-state index in [1.807, 2.05) is 43.3 Å². The zero-order chi connectivity index (χ0) is 14.5. The molecule has 1 atom stereocenters. The zero-order valence-electron chi connectivity index (χ0n) is 12.1. The van der Waals surface area contributed by atoms with Gasteiger partial charge in [0, 0.05) is 11.9 Å². The molecule has 0 spiro atoms. The number of amides is 1. The molecule has 0 aliphatic carbocycles. The summed E-state index contributed by atoms with van der Waals surface area (Å²) < 4.78 is 0. The van der Waals surface area contributed by atoms with Gasteiger partial charge in [-0.2, -0.15) is 0 Å². The van der Waals surface area contributed by atoms with Crippen molar-refractivity contribution in [2.75, 3.05) is 6.54 Å². The Morgan fingerprint density at radius 2 is 1.95 bits per heavy atom. The molecular formula is C16H20N2OS. The van der Waals surface area contributed by atoms with Crippen LogP contribution in [0.2, 0.25) is 0 Å². The highest BCUT2D eigenvalue weighted by atomic mass is 32.2. The van der Waals surface area contributed by atoms with E-state index in [1.54, 1.807) is 0 Å². The van der Waals surface area contributed by atoms with E-state index in [9.17, 15) is 4.79 Å². The number of thioether (sulfide) groups is 1. The minimum atomic E-state index is -0.137. The first-order valence-electron chi connectivity index (χ1n) is 6.86. The third-order valence-corrected chi connectivity index (χ3v) is 3.96. The molecule has 1 N–H and O–H groups in total. The van der Waals surface area contributed by atoms with Gasteiger partial charge in [0.25, 0.3) is 0 Å². The van der Waals surface area contributed by atoms with Crippen LogP contribution in [0.4, 0.5) is 0 Å². The lowest BCUT2D eigenvalue weighted by molar-refractivity contribution is -0.120. The SMILES string of the molecule is CC(C)CNC(=O)C(C)Sc1ccc2ccccc2n1. The Labute approximate surface area is 124 Å². The molecular weight excluding hydrogens is 268 g/mol. The fourth-order valence-corrected chi connectivity index (χ4v) is 2.65. The van der Waals surface area contributed by atoms with Crippen molar-refractivity contribution < 1.29 is 4.79 Å². The van der Waals surface area contributed by atoms with Crippen LogP contribution in [0.25, 0.3) is 10.9 Å². The summed E-state index contributed by atoms with van der Waals surface area (Å²) in [5.41, 5.74) is 0.965. The van der Waals surface area contributed by atoms with E-state index in [1.165, 1.54) is 11.8 Å². The average Bonchev–Trinajstić information content (AvgIpc) is 2.44. The monoisotopic (exact) mass is 288 g/mol. The van der Waals surface area contributed by atoms with Crippen molar-refractivity contribution >= 4 is 28.6 Å².